The fraction of sp³-hybridized carbons (Fsp3) is 0.871. The fourth-order valence-corrected chi connectivity index (χ4v) is 10.2. The Morgan fingerprint density at radius 1 is 1.06 bits per heavy atom. The van der Waals surface area contributed by atoms with Crippen molar-refractivity contribution in [1.29, 1.82) is 0 Å². The van der Waals surface area contributed by atoms with Gasteiger partial charge in [0.1, 0.15) is 6.10 Å². The predicted octanol–water partition coefficient (Wildman–Crippen LogP) is 5.72. The number of carbonyl (C=O) groups is 2. The molecule has 0 aliphatic heterocycles. The van der Waals surface area contributed by atoms with Gasteiger partial charge in [0.15, 0.2) is 5.78 Å². The molecular formula is C31H50O5. The van der Waals surface area contributed by atoms with Crippen molar-refractivity contribution >= 4 is 11.8 Å². The number of aliphatic hydroxyl groups excluding tert-OH is 1. The Labute approximate surface area is 218 Å². The fourth-order valence-electron chi connectivity index (χ4n) is 10.2. The molecule has 4 aliphatic carbocycles. The molecule has 36 heavy (non-hydrogen) atoms. The van der Waals surface area contributed by atoms with E-state index in [1.165, 1.54) is 6.92 Å². The zero-order chi connectivity index (χ0) is 26.8. The maximum atomic E-state index is 12.9. The number of aliphatic hydroxyl groups is 2. The van der Waals surface area contributed by atoms with Crippen LogP contribution in [0.1, 0.15) is 99.8 Å². The van der Waals surface area contributed by atoms with Crippen molar-refractivity contribution in [2.24, 2.45) is 52.3 Å². The minimum atomic E-state index is -0.897. The van der Waals surface area contributed by atoms with E-state index >= 15 is 0 Å². The quantitative estimate of drug-likeness (QED) is 0.359. The second-order valence-electron chi connectivity index (χ2n) is 14.0. The molecule has 0 aromatic rings. The molecule has 4 saturated carbocycles. The van der Waals surface area contributed by atoms with Crippen molar-refractivity contribution in [3.63, 3.8) is 0 Å². The van der Waals surface area contributed by atoms with Gasteiger partial charge in [-0.05, 0) is 96.9 Å². The Bertz CT molecular complexity index is 895. The van der Waals surface area contributed by atoms with Crippen LogP contribution in [-0.4, -0.2) is 39.8 Å². The number of fused-ring (bicyclic) bond motifs is 5. The second kappa shape index (κ2) is 9.52. The monoisotopic (exact) mass is 502 g/mol. The van der Waals surface area contributed by atoms with Crippen LogP contribution in [0.15, 0.2) is 12.2 Å². The Kier molecular flexibility index (Phi) is 7.36. The number of rotatable bonds is 6. The highest BCUT2D eigenvalue weighted by atomic mass is 16.5. The smallest absolute Gasteiger partial charge is 0.302 e. The standard InChI is InChI=1S/C31H50O5/c1-17(2)19(4)24(33)15-18(3)22-9-10-27-30(22,8)16-25(34)28-29(7)13-12-26(36-21(6)32)20(5)23(29)11-14-31(27,28)35/h17-18,20,22-23,25-28,34-35H,4,9-16H2,1-3,5-8H3/t18-,20+,22-,23+,25+,26+,27-,28-,29+,30-,31-/m1/s1. The van der Waals surface area contributed by atoms with Crippen molar-refractivity contribution in [2.45, 2.75) is 118 Å². The molecule has 0 spiro atoms. The first-order valence-electron chi connectivity index (χ1n) is 14.5. The van der Waals surface area contributed by atoms with Crippen molar-refractivity contribution in [2.75, 3.05) is 0 Å². The number of Topliss-reactive ketones (excluding diaryl/α,β-unsaturated/α-hetero) is 1. The van der Waals surface area contributed by atoms with Gasteiger partial charge >= 0.3 is 5.97 Å². The van der Waals surface area contributed by atoms with Crippen LogP contribution in [-0.2, 0) is 14.3 Å². The first-order valence-corrected chi connectivity index (χ1v) is 14.5. The van der Waals surface area contributed by atoms with E-state index in [2.05, 4.69) is 34.3 Å². The molecule has 5 nitrogen and oxygen atoms in total. The van der Waals surface area contributed by atoms with Gasteiger partial charge < -0.3 is 14.9 Å². The number of ketones is 1. The summed E-state index contributed by atoms with van der Waals surface area (Å²) >= 11 is 0. The largest absolute Gasteiger partial charge is 0.462 e. The number of esters is 1. The number of carbonyl (C=O) groups excluding carboxylic acids is 2. The topological polar surface area (TPSA) is 83.8 Å². The molecule has 0 aromatic heterocycles. The molecule has 0 heterocycles. The molecule has 0 saturated heterocycles. The van der Waals surface area contributed by atoms with Gasteiger partial charge in [-0.3, -0.25) is 9.59 Å². The normalized spacial score (nSPS) is 46.9. The number of allylic oxidation sites excluding steroid dienone is 1. The summed E-state index contributed by atoms with van der Waals surface area (Å²) in [6, 6.07) is 0. The molecule has 0 aromatic carbocycles. The summed E-state index contributed by atoms with van der Waals surface area (Å²) in [6.45, 7) is 18.5. The molecule has 5 heteroatoms. The SMILES string of the molecule is C=C(C(=O)C[C@@H](C)[C@H]1CC[C@@H]2[C@]1(C)C[C@H](O)[C@@H]1[C@@]3(C)CC[C@H](OC(C)=O)[C@@H](C)[C@@H]3CC[C@@]21O)C(C)C. The Hall–Kier alpha value is -1.20. The van der Waals surface area contributed by atoms with E-state index in [1.54, 1.807) is 0 Å². The van der Waals surface area contributed by atoms with Gasteiger partial charge in [-0.2, -0.15) is 0 Å². The summed E-state index contributed by atoms with van der Waals surface area (Å²) in [6.07, 6.45) is 5.72. The highest BCUT2D eigenvalue weighted by Crippen LogP contribution is 2.70. The first kappa shape index (κ1) is 27.8. The Morgan fingerprint density at radius 3 is 2.33 bits per heavy atom. The summed E-state index contributed by atoms with van der Waals surface area (Å²) in [4.78, 5) is 24.5. The van der Waals surface area contributed by atoms with Gasteiger partial charge in [-0.1, -0.05) is 48.1 Å². The number of ether oxygens (including phenoxy) is 1. The number of hydrogen-bond donors (Lipinski definition) is 2. The lowest BCUT2D eigenvalue weighted by molar-refractivity contribution is -0.268. The minimum Gasteiger partial charge on any atom is -0.462 e. The van der Waals surface area contributed by atoms with E-state index in [4.69, 9.17) is 4.74 Å². The summed E-state index contributed by atoms with van der Waals surface area (Å²) in [5.74, 6) is 1.08. The zero-order valence-electron chi connectivity index (χ0n) is 23.7. The van der Waals surface area contributed by atoms with Crippen LogP contribution in [0.2, 0.25) is 0 Å². The third-order valence-corrected chi connectivity index (χ3v) is 11.8. The van der Waals surface area contributed by atoms with E-state index < -0.39 is 11.7 Å². The van der Waals surface area contributed by atoms with Gasteiger partial charge in [-0.15, -0.1) is 0 Å². The average molecular weight is 503 g/mol. The third-order valence-electron chi connectivity index (χ3n) is 11.8. The van der Waals surface area contributed by atoms with Gasteiger partial charge in [0.25, 0.3) is 0 Å². The van der Waals surface area contributed by atoms with Crippen molar-refractivity contribution in [3.05, 3.63) is 12.2 Å². The molecule has 4 rings (SSSR count). The van der Waals surface area contributed by atoms with Crippen LogP contribution >= 0.6 is 0 Å². The highest BCUT2D eigenvalue weighted by Gasteiger charge is 2.70. The maximum Gasteiger partial charge on any atom is 0.302 e. The summed E-state index contributed by atoms with van der Waals surface area (Å²) in [5.41, 5.74) is -0.564. The molecule has 4 aliphatic rings. The highest BCUT2D eigenvalue weighted by molar-refractivity contribution is 5.95. The molecule has 0 radical (unpaired) electrons. The molecule has 0 unspecified atom stereocenters. The van der Waals surface area contributed by atoms with E-state index in [1.807, 2.05) is 13.8 Å². The molecule has 2 N–H and O–H groups in total. The summed E-state index contributed by atoms with van der Waals surface area (Å²) in [5, 5.41) is 24.3. The lowest BCUT2D eigenvalue weighted by Gasteiger charge is -2.67. The predicted molar refractivity (Wildman–Crippen MR) is 141 cm³/mol. The number of hydrogen-bond acceptors (Lipinski definition) is 5. The summed E-state index contributed by atoms with van der Waals surface area (Å²) in [7, 11) is 0. The molecular weight excluding hydrogens is 452 g/mol. The van der Waals surface area contributed by atoms with Gasteiger partial charge in [0, 0.05) is 19.3 Å². The van der Waals surface area contributed by atoms with Gasteiger partial charge in [0.2, 0.25) is 0 Å². The Balaban J connectivity index is 1.58. The van der Waals surface area contributed by atoms with Gasteiger partial charge in [0.05, 0.1) is 11.7 Å². The molecule has 0 amide bonds. The second-order valence-corrected chi connectivity index (χ2v) is 14.0. The van der Waals surface area contributed by atoms with Crippen molar-refractivity contribution < 1.29 is 24.5 Å². The van der Waals surface area contributed by atoms with Crippen LogP contribution < -0.4 is 0 Å². The maximum absolute atomic E-state index is 12.9. The minimum absolute atomic E-state index is 0.0763. The van der Waals surface area contributed by atoms with E-state index in [0.717, 1.165) is 32.1 Å². The van der Waals surface area contributed by atoms with Crippen molar-refractivity contribution in [1.82, 2.24) is 0 Å². The van der Waals surface area contributed by atoms with Crippen LogP contribution in [0.5, 0.6) is 0 Å². The van der Waals surface area contributed by atoms with Gasteiger partial charge in [-0.25, -0.2) is 0 Å². The molecule has 204 valence electrons. The molecule has 0 bridgehead atoms. The average Bonchev–Trinajstić information content (AvgIpc) is 3.12. The van der Waals surface area contributed by atoms with Crippen LogP contribution in [0, 0.1) is 52.3 Å². The van der Waals surface area contributed by atoms with Crippen LogP contribution in [0.3, 0.4) is 0 Å². The lowest BCUT2D eigenvalue weighted by atomic mass is 9.40. The zero-order valence-corrected chi connectivity index (χ0v) is 23.7. The van der Waals surface area contributed by atoms with E-state index in [9.17, 15) is 19.8 Å². The van der Waals surface area contributed by atoms with E-state index in [-0.39, 0.29) is 58.3 Å². The lowest BCUT2D eigenvalue weighted by Crippen LogP contribution is -2.69. The van der Waals surface area contributed by atoms with Crippen LogP contribution in [0.25, 0.3) is 0 Å². The van der Waals surface area contributed by atoms with Crippen molar-refractivity contribution in [3.8, 4) is 0 Å². The molecule has 4 fully saturated rings. The first-order chi connectivity index (χ1) is 16.7. The summed E-state index contributed by atoms with van der Waals surface area (Å²) < 4.78 is 5.68. The van der Waals surface area contributed by atoms with Crippen LogP contribution in [0.4, 0.5) is 0 Å². The van der Waals surface area contributed by atoms with E-state index in [0.29, 0.717) is 36.7 Å². The third kappa shape index (κ3) is 4.21. The molecule has 11 atom stereocenters. The Morgan fingerprint density at radius 2 is 1.72 bits per heavy atom.